The molecule has 0 saturated heterocycles. The number of carbonyl (C=O) groups excluding carboxylic acids is 1. The van der Waals surface area contributed by atoms with E-state index in [2.05, 4.69) is 15.3 Å². The average Bonchev–Trinajstić information content (AvgIpc) is 2.93. The first-order valence-electron chi connectivity index (χ1n) is 7.95. The molecule has 0 unspecified atom stereocenters. The molecule has 1 heterocycles. The number of carbonyl (C=O) groups is 1. The quantitative estimate of drug-likeness (QED) is 0.872. The van der Waals surface area contributed by atoms with Crippen LogP contribution >= 0.6 is 0 Å². The number of nitrogens with zero attached hydrogens (tertiary/aromatic N) is 2. The number of rotatable bonds is 5. The van der Waals surface area contributed by atoms with Gasteiger partial charge in [-0.3, -0.25) is 0 Å². The Kier molecular flexibility index (Phi) is 5.75. The summed E-state index contributed by atoms with van der Waals surface area (Å²) in [6.07, 6.45) is 2.24. The number of aromatic amines is 1. The Morgan fingerprint density at radius 1 is 1.44 bits per heavy atom. The second-order valence-electron chi connectivity index (χ2n) is 6.64. The summed E-state index contributed by atoms with van der Waals surface area (Å²) in [4.78, 5) is 19.0. The maximum Gasteiger partial charge on any atom is 0.407 e. The number of ether oxygens (including phenoxy) is 1. The number of hydrogen-bond donors (Lipinski definition) is 2. The van der Waals surface area contributed by atoms with Crippen LogP contribution in [0.15, 0.2) is 24.4 Å². The number of H-pyrrole nitrogens is 1. The second kappa shape index (κ2) is 7.79. The van der Waals surface area contributed by atoms with Crippen molar-refractivity contribution in [3.05, 3.63) is 52.9 Å². The summed E-state index contributed by atoms with van der Waals surface area (Å²) in [7, 11) is 0. The standard InChI is InChI=1S/C18H21FN4O2/c1-18(2,3)25-17(24)21-7-6-14-11-22-16(23-14)9-12-4-5-13(10-20)15(19)8-12/h4-5,8,11H,6-7,9H2,1-3H3,(H,21,24)(H,22,23). The summed E-state index contributed by atoms with van der Waals surface area (Å²) < 4.78 is 18.8. The summed E-state index contributed by atoms with van der Waals surface area (Å²) >= 11 is 0. The van der Waals surface area contributed by atoms with Crippen LogP contribution in [-0.2, 0) is 17.6 Å². The number of halogens is 1. The predicted molar refractivity (Wildman–Crippen MR) is 90.4 cm³/mol. The summed E-state index contributed by atoms with van der Waals surface area (Å²) in [5, 5.41) is 11.4. The SMILES string of the molecule is CC(C)(C)OC(=O)NCCc1cnc(Cc2ccc(C#N)c(F)c2)[nH]1. The lowest BCUT2D eigenvalue weighted by molar-refractivity contribution is 0.0528. The van der Waals surface area contributed by atoms with Crippen molar-refractivity contribution in [1.82, 2.24) is 15.3 Å². The van der Waals surface area contributed by atoms with E-state index in [4.69, 9.17) is 10.00 Å². The smallest absolute Gasteiger partial charge is 0.407 e. The molecular formula is C18H21FN4O2. The van der Waals surface area contributed by atoms with Gasteiger partial charge in [0.25, 0.3) is 0 Å². The van der Waals surface area contributed by atoms with Crippen LogP contribution in [0.3, 0.4) is 0 Å². The monoisotopic (exact) mass is 344 g/mol. The molecule has 0 fully saturated rings. The van der Waals surface area contributed by atoms with Gasteiger partial charge in [-0.1, -0.05) is 6.07 Å². The van der Waals surface area contributed by atoms with E-state index < -0.39 is 17.5 Å². The van der Waals surface area contributed by atoms with Crippen molar-refractivity contribution < 1.29 is 13.9 Å². The fourth-order valence-corrected chi connectivity index (χ4v) is 2.19. The molecule has 0 aliphatic carbocycles. The topological polar surface area (TPSA) is 90.8 Å². The highest BCUT2D eigenvalue weighted by Crippen LogP contribution is 2.13. The number of alkyl carbamates (subject to hydrolysis) is 1. The fourth-order valence-electron chi connectivity index (χ4n) is 2.19. The molecule has 1 aromatic heterocycles. The lowest BCUT2D eigenvalue weighted by Crippen LogP contribution is -2.33. The lowest BCUT2D eigenvalue weighted by atomic mass is 10.1. The van der Waals surface area contributed by atoms with Crippen LogP contribution in [0.4, 0.5) is 9.18 Å². The van der Waals surface area contributed by atoms with Crippen LogP contribution in [0, 0.1) is 17.1 Å². The number of amides is 1. The number of aromatic nitrogens is 2. The first-order chi connectivity index (χ1) is 11.8. The Morgan fingerprint density at radius 3 is 2.84 bits per heavy atom. The summed E-state index contributed by atoms with van der Waals surface area (Å²) in [6, 6.07) is 6.29. The molecule has 2 aromatic rings. The normalized spacial score (nSPS) is 11.0. The summed E-state index contributed by atoms with van der Waals surface area (Å²) in [6.45, 7) is 5.83. The van der Waals surface area contributed by atoms with Crippen molar-refractivity contribution >= 4 is 6.09 Å². The fraction of sp³-hybridized carbons (Fsp3) is 0.389. The Morgan fingerprint density at radius 2 is 2.20 bits per heavy atom. The first kappa shape index (κ1) is 18.5. The third-order valence-corrected chi connectivity index (χ3v) is 3.27. The number of nitrogens with one attached hydrogen (secondary N) is 2. The minimum atomic E-state index is -0.534. The van der Waals surface area contributed by atoms with Gasteiger partial charge in [-0.25, -0.2) is 14.2 Å². The zero-order valence-corrected chi connectivity index (χ0v) is 14.5. The molecule has 1 aromatic carbocycles. The molecule has 25 heavy (non-hydrogen) atoms. The zero-order valence-electron chi connectivity index (χ0n) is 14.5. The van der Waals surface area contributed by atoms with Gasteiger partial charge >= 0.3 is 6.09 Å². The molecular weight excluding hydrogens is 323 g/mol. The minimum Gasteiger partial charge on any atom is -0.444 e. The third kappa shape index (κ3) is 5.92. The van der Waals surface area contributed by atoms with Crippen LogP contribution in [-0.4, -0.2) is 28.2 Å². The van der Waals surface area contributed by atoms with Crippen LogP contribution in [0.25, 0.3) is 0 Å². The first-order valence-corrected chi connectivity index (χ1v) is 7.95. The number of hydrogen-bond acceptors (Lipinski definition) is 4. The Balaban J connectivity index is 1.85. The van der Waals surface area contributed by atoms with E-state index in [-0.39, 0.29) is 5.56 Å². The average molecular weight is 344 g/mol. The van der Waals surface area contributed by atoms with E-state index in [0.29, 0.717) is 25.2 Å². The number of imidazole rings is 1. The highest BCUT2D eigenvalue weighted by Gasteiger charge is 2.15. The molecule has 0 radical (unpaired) electrons. The van der Waals surface area contributed by atoms with E-state index >= 15 is 0 Å². The van der Waals surface area contributed by atoms with E-state index in [1.54, 1.807) is 39.1 Å². The molecule has 0 saturated carbocycles. The molecule has 6 nitrogen and oxygen atoms in total. The van der Waals surface area contributed by atoms with Gasteiger partial charge in [-0.05, 0) is 38.5 Å². The molecule has 0 aliphatic rings. The Labute approximate surface area is 146 Å². The van der Waals surface area contributed by atoms with Crippen molar-refractivity contribution in [1.29, 1.82) is 5.26 Å². The highest BCUT2D eigenvalue weighted by atomic mass is 19.1. The van der Waals surface area contributed by atoms with E-state index in [1.807, 2.05) is 0 Å². The maximum atomic E-state index is 13.6. The molecule has 7 heteroatoms. The molecule has 132 valence electrons. The second-order valence-corrected chi connectivity index (χ2v) is 6.64. The molecule has 1 amide bonds. The van der Waals surface area contributed by atoms with Crippen molar-refractivity contribution in [2.75, 3.05) is 6.54 Å². The van der Waals surface area contributed by atoms with Gasteiger partial charge in [-0.2, -0.15) is 5.26 Å². The molecule has 0 bridgehead atoms. The molecule has 2 N–H and O–H groups in total. The third-order valence-electron chi connectivity index (χ3n) is 3.27. The van der Waals surface area contributed by atoms with Crippen LogP contribution in [0.1, 0.15) is 43.4 Å². The van der Waals surface area contributed by atoms with Crippen molar-refractivity contribution in [2.45, 2.75) is 39.2 Å². The largest absolute Gasteiger partial charge is 0.444 e. The Hall–Kier alpha value is -2.88. The van der Waals surface area contributed by atoms with Crippen LogP contribution in [0.5, 0.6) is 0 Å². The zero-order chi connectivity index (χ0) is 18.4. The summed E-state index contributed by atoms with van der Waals surface area (Å²) in [5.41, 5.74) is 1.09. The van der Waals surface area contributed by atoms with E-state index in [1.165, 1.54) is 12.1 Å². The van der Waals surface area contributed by atoms with E-state index in [9.17, 15) is 9.18 Å². The van der Waals surface area contributed by atoms with E-state index in [0.717, 1.165) is 11.3 Å². The predicted octanol–water partition coefficient (Wildman–Crippen LogP) is 3.08. The minimum absolute atomic E-state index is 0.0251. The molecule has 0 spiro atoms. The van der Waals surface area contributed by atoms with Crippen LogP contribution < -0.4 is 5.32 Å². The molecule has 2 rings (SSSR count). The molecule has 0 aliphatic heterocycles. The summed E-state index contributed by atoms with van der Waals surface area (Å²) in [5.74, 6) is 0.157. The van der Waals surface area contributed by atoms with Gasteiger partial charge in [0, 0.05) is 31.3 Å². The maximum absolute atomic E-state index is 13.6. The van der Waals surface area contributed by atoms with Gasteiger partial charge in [0.1, 0.15) is 23.3 Å². The number of nitriles is 1. The van der Waals surface area contributed by atoms with Gasteiger partial charge in [-0.15, -0.1) is 0 Å². The van der Waals surface area contributed by atoms with Crippen LogP contribution in [0.2, 0.25) is 0 Å². The van der Waals surface area contributed by atoms with Gasteiger partial charge < -0.3 is 15.0 Å². The highest BCUT2D eigenvalue weighted by molar-refractivity contribution is 5.67. The van der Waals surface area contributed by atoms with Gasteiger partial charge in [0.05, 0.1) is 5.56 Å². The number of benzene rings is 1. The van der Waals surface area contributed by atoms with Crippen molar-refractivity contribution in [3.8, 4) is 6.07 Å². The Bertz CT molecular complexity index is 787. The van der Waals surface area contributed by atoms with Crippen molar-refractivity contribution in [2.24, 2.45) is 0 Å². The lowest BCUT2D eigenvalue weighted by Gasteiger charge is -2.19. The van der Waals surface area contributed by atoms with Gasteiger partial charge in [0.15, 0.2) is 0 Å². The van der Waals surface area contributed by atoms with Crippen molar-refractivity contribution in [3.63, 3.8) is 0 Å². The van der Waals surface area contributed by atoms with Gasteiger partial charge in [0.2, 0.25) is 0 Å². The molecule has 0 atom stereocenters.